The Bertz CT molecular complexity index is 494. The average molecular weight is 296 g/mol. The maximum Gasteiger partial charge on any atom is 0.306 e. The zero-order valence-corrected chi connectivity index (χ0v) is 12.2. The van der Waals surface area contributed by atoms with Crippen LogP contribution in [0, 0.1) is 17.3 Å². The van der Waals surface area contributed by atoms with Crippen LogP contribution in [0.3, 0.4) is 0 Å². The van der Waals surface area contributed by atoms with Crippen molar-refractivity contribution in [2.75, 3.05) is 20.8 Å². The Balaban J connectivity index is 2.17. The summed E-state index contributed by atoms with van der Waals surface area (Å²) in [7, 11) is 2.86. The van der Waals surface area contributed by atoms with Crippen molar-refractivity contribution in [2.45, 2.75) is 31.2 Å². The number of aliphatic hydroxyl groups is 1. The molecule has 6 heteroatoms. The summed E-state index contributed by atoms with van der Waals surface area (Å²) in [6.07, 6.45) is 3.78. The van der Waals surface area contributed by atoms with E-state index < -0.39 is 17.3 Å². The van der Waals surface area contributed by atoms with Gasteiger partial charge in [-0.15, -0.1) is 0 Å². The number of allylic oxidation sites excluding steroid dienone is 2. The average Bonchev–Trinajstić information content (AvgIpc) is 2.50. The van der Waals surface area contributed by atoms with Gasteiger partial charge in [0.05, 0.1) is 24.9 Å². The van der Waals surface area contributed by atoms with Crippen LogP contribution >= 0.6 is 0 Å². The third-order valence-electron chi connectivity index (χ3n) is 5.38. The molecule has 3 rings (SSSR count). The molecule has 1 heterocycles. The van der Waals surface area contributed by atoms with Crippen molar-refractivity contribution in [3.8, 4) is 0 Å². The van der Waals surface area contributed by atoms with E-state index in [1.54, 1.807) is 0 Å². The molecule has 116 valence electrons. The number of hydrogen-bond acceptors (Lipinski definition) is 6. The van der Waals surface area contributed by atoms with Gasteiger partial charge in [0.15, 0.2) is 6.10 Å². The van der Waals surface area contributed by atoms with Crippen LogP contribution in [0.4, 0.5) is 0 Å². The molecule has 6 nitrogen and oxygen atoms in total. The van der Waals surface area contributed by atoms with Crippen LogP contribution in [0.25, 0.3) is 0 Å². The third kappa shape index (κ3) is 1.76. The highest BCUT2D eigenvalue weighted by atomic mass is 16.7. The topological polar surface area (TPSA) is 82.1 Å². The molecule has 0 amide bonds. The van der Waals surface area contributed by atoms with Gasteiger partial charge in [-0.1, -0.05) is 12.2 Å². The van der Waals surface area contributed by atoms with Crippen LogP contribution < -0.4 is 0 Å². The van der Waals surface area contributed by atoms with Crippen molar-refractivity contribution in [1.29, 1.82) is 0 Å². The smallest absolute Gasteiger partial charge is 0.306 e. The molecule has 1 N–H and O–H groups in total. The fraction of sp³-hybridized carbons (Fsp3) is 0.733. The quantitative estimate of drug-likeness (QED) is 0.462. The van der Waals surface area contributed by atoms with Gasteiger partial charge in [-0.25, -0.2) is 0 Å². The van der Waals surface area contributed by atoms with Crippen LogP contribution in [0.15, 0.2) is 12.2 Å². The van der Waals surface area contributed by atoms with E-state index in [4.69, 9.17) is 14.2 Å². The van der Waals surface area contributed by atoms with Crippen molar-refractivity contribution in [1.82, 2.24) is 0 Å². The lowest BCUT2D eigenvalue weighted by Crippen LogP contribution is -2.71. The Labute approximate surface area is 123 Å². The lowest BCUT2D eigenvalue weighted by Gasteiger charge is -2.59. The van der Waals surface area contributed by atoms with Gasteiger partial charge in [0.1, 0.15) is 5.78 Å². The maximum absolute atomic E-state index is 12.6. The Morgan fingerprint density at radius 2 is 2.10 bits per heavy atom. The molecule has 1 saturated heterocycles. The fourth-order valence-electron chi connectivity index (χ4n) is 4.28. The van der Waals surface area contributed by atoms with E-state index in [9.17, 15) is 14.7 Å². The van der Waals surface area contributed by atoms with Gasteiger partial charge in [-0.3, -0.25) is 9.59 Å². The van der Waals surface area contributed by atoms with E-state index in [1.165, 1.54) is 14.2 Å². The maximum atomic E-state index is 12.6. The zero-order valence-electron chi connectivity index (χ0n) is 12.2. The number of rotatable bonds is 3. The van der Waals surface area contributed by atoms with E-state index in [-0.39, 0.29) is 43.0 Å². The van der Waals surface area contributed by atoms with Gasteiger partial charge >= 0.3 is 5.97 Å². The van der Waals surface area contributed by atoms with E-state index in [2.05, 4.69) is 0 Å². The van der Waals surface area contributed by atoms with Crippen molar-refractivity contribution < 1.29 is 28.9 Å². The Morgan fingerprint density at radius 3 is 2.71 bits per heavy atom. The predicted octanol–water partition coefficient (Wildman–Crippen LogP) is 0.435. The van der Waals surface area contributed by atoms with Gasteiger partial charge in [0.25, 0.3) is 0 Å². The molecule has 0 aromatic heterocycles. The lowest BCUT2D eigenvalue weighted by atomic mass is 9.52. The van der Waals surface area contributed by atoms with Crippen LogP contribution in [0.5, 0.6) is 0 Å². The minimum Gasteiger partial charge on any atom is -0.456 e. The van der Waals surface area contributed by atoms with Gasteiger partial charge < -0.3 is 19.3 Å². The Hall–Kier alpha value is -1.24. The second-order valence-corrected chi connectivity index (χ2v) is 6.03. The second kappa shape index (κ2) is 4.90. The number of esters is 1. The molecule has 0 aromatic rings. The normalized spacial score (nSPS) is 40.6. The van der Waals surface area contributed by atoms with Gasteiger partial charge in [-0.05, 0) is 12.3 Å². The summed E-state index contributed by atoms with van der Waals surface area (Å²) in [5.74, 6) is -2.30. The van der Waals surface area contributed by atoms with Crippen molar-refractivity contribution in [3.05, 3.63) is 12.2 Å². The molecule has 2 aliphatic carbocycles. The van der Waals surface area contributed by atoms with Crippen LogP contribution in [0.2, 0.25) is 0 Å². The minimum absolute atomic E-state index is 0.0173. The Morgan fingerprint density at radius 1 is 1.38 bits per heavy atom. The van der Waals surface area contributed by atoms with Crippen molar-refractivity contribution in [3.63, 3.8) is 0 Å². The van der Waals surface area contributed by atoms with Crippen LogP contribution in [-0.4, -0.2) is 49.6 Å². The summed E-state index contributed by atoms with van der Waals surface area (Å²) >= 11 is 0. The van der Waals surface area contributed by atoms with Gasteiger partial charge in [-0.2, -0.15) is 0 Å². The number of carbonyl (C=O) groups is 2. The first-order valence-electron chi connectivity index (χ1n) is 7.14. The first kappa shape index (κ1) is 14.7. The SMILES string of the molecule is COC1(OC)CC(=O)[C@@H]2CC=C[C@@H]3CC(=O)O[C@H]1[C@@]32CO. The highest BCUT2D eigenvalue weighted by molar-refractivity contribution is 5.86. The number of hydrogen-bond donors (Lipinski definition) is 1. The van der Waals surface area contributed by atoms with E-state index >= 15 is 0 Å². The van der Waals surface area contributed by atoms with Gasteiger partial charge in [0, 0.05) is 20.1 Å². The van der Waals surface area contributed by atoms with Gasteiger partial charge in [0.2, 0.25) is 5.79 Å². The summed E-state index contributed by atoms with van der Waals surface area (Å²) in [4.78, 5) is 24.5. The lowest BCUT2D eigenvalue weighted by molar-refractivity contribution is -0.322. The van der Waals surface area contributed by atoms with E-state index in [0.29, 0.717) is 6.42 Å². The minimum atomic E-state index is -1.32. The van der Waals surface area contributed by atoms with Crippen molar-refractivity contribution >= 4 is 11.8 Å². The molecule has 21 heavy (non-hydrogen) atoms. The van der Waals surface area contributed by atoms with E-state index in [1.807, 2.05) is 12.2 Å². The molecule has 0 spiro atoms. The number of Topliss-reactive ketones (excluding diaryl/α,β-unsaturated/α-hetero) is 1. The largest absolute Gasteiger partial charge is 0.456 e. The standard InChI is InChI=1S/C15H20O6/c1-19-15(20-2)7-11(17)10-5-3-4-9-6-12(18)21-13(15)14(9,10)8-16/h3-4,9-10,13,16H,5-8H2,1-2H3/t9-,10+,13+,14+/m1/s1. The highest BCUT2D eigenvalue weighted by Gasteiger charge is 2.68. The third-order valence-corrected chi connectivity index (χ3v) is 5.38. The number of carbonyl (C=O) groups excluding carboxylic acids is 2. The number of ketones is 1. The monoisotopic (exact) mass is 296 g/mol. The fourth-order valence-corrected chi connectivity index (χ4v) is 4.28. The summed E-state index contributed by atoms with van der Waals surface area (Å²) in [6, 6.07) is 0. The predicted molar refractivity (Wildman–Crippen MR) is 71.1 cm³/mol. The zero-order chi connectivity index (χ0) is 15.3. The molecular weight excluding hydrogens is 276 g/mol. The highest BCUT2D eigenvalue weighted by Crippen LogP contribution is 2.57. The molecule has 0 bridgehead atoms. The Kier molecular flexibility index (Phi) is 3.43. The van der Waals surface area contributed by atoms with E-state index in [0.717, 1.165) is 0 Å². The first-order chi connectivity index (χ1) is 10.0. The molecule has 1 saturated carbocycles. The number of methoxy groups -OCH3 is 2. The molecule has 0 radical (unpaired) electrons. The second-order valence-electron chi connectivity index (χ2n) is 6.03. The van der Waals surface area contributed by atoms with Crippen molar-refractivity contribution in [2.24, 2.45) is 17.3 Å². The first-order valence-corrected chi connectivity index (χ1v) is 7.14. The molecule has 4 atom stereocenters. The summed E-state index contributed by atoms with van der Waals surface area (Å²) < 4.78 is 16.4. The van der Waals surface area contributed by atoms with Crippen LogP contribution in [-0.2, 0) is 23.8 Å². The molecule has 2 fully saturated rings. The van der Waals surface area contributed by atoms with Crippen LogP contribution in [0.1, 0.15) is 19.3 Å². The summed E-state index contributed by atoms with van der Waals surface area (Å²) in [5, 5.41) is 10.1. The number of aliphatic hydroxyl groups excluding tert-OH is 1. The molecule has 0 unspecified atom stereocenters. The molecule has 1 aliphatic heterocycles. The molecular formula is C15H20O6. The molecule has 0 aromatic carbocycles. The summed E-state index contributed by atoms with van der Waals surface area (Å²) in [6.45, 7) is -0.245. The molecule has 3 aliphatic rings. The number of ether oxygens (including phenoxy) is 3. The summed E-state index contributed by atoms with van der Waals surface area (Å²) in [5.41, 5.74) is -0.857.